The molecule has 1 atom stereocenters. The third kappa shape index (κ3) is 4.30. The first-order valence-corrected chi connectivity index (χ1v) is 7.34. The van der Waals surface area contributed by atoms with E-state index in [0.29, 0.717) is 19.2 Å². The van der Waals surface area contributed by atoms with Crippen LogP contribution < -0.4 is 0 Å². The number of Topliss-reactive ketones (excluding diaryl/α,β-unsaturated/α-hetero) is 1. The van der Waals surface area contributed by atoms with Crippen molar-refractivity contribution in [2.24, 2.45) is 5.41 Å². The first-order chi connectivity index (χ1) is 8.89. The van der Waals surface area contributed by atoms with Crippen LogP contribution in [0.4, 0.5) is 0 Å². The highest BCUT2D eigenvalue weighted by molar-refractivity contribution is 6.03. The van der Waals surface area contributed by atoms with Crippen molar-refractivity contribution in [2.45, 2.75) is 59.4 Å². The van der Waals surface area contributed by atoms with Gasteiger partial charge in [-0.25, -0.2) is 0 Å². The molecule has 0 aliphatic carbocycles. The second-order valence-corrected chi connectivity index (χ2v) is 5.94. The zero-order valence-corrected chi connectivity index (χ0v) is 12.7. The van der Waals surface area contributed by atoms with Gasteiger partial charge in [-0.15, -0.1) is 0 Å². The minimum absolute atomic E-state index is 0.0419. The maximum Gasteiger partial charge on any atom is 0.319 e. The Morgan fingerprint density at radius 1 is 1.26 bits per heavy atom. The van der Waals surface area contributed by atoms with Gasteiger partial charge in [-0.2, -0.15) is 0 Å². The molecule has 0 aromatic heterocycles. The maximum atomic E-state index is 12.4. The molecule has 1 saturated heterocycles. The Morgan fingerprint density at radius 3 is 2.58 bits per heavy atom. The summed E-state index contributed by atoms with van der Waals surface area (Å²) < 4.78 is 4.99. The van der Waals surface area contributed by atoms with Crippen molar-refractivity contribution >= 4 is 11.8 Å². The molecule has 0 radical (unpaired) electrons. The normalized spacial score (nSPS) is 21.8. The lowest BCUT2D eigenvalue weighted by Gasteiger charge is -2.29. The first-order valence-electron chi connectivity index (χ1n) is 7.34. The predicted molar refractivity (Wildman–Crippen MR) is 74.9 cm³/mol. The third-order valence-corrected chi connectivity index (χ3v) is 4.02. The number of carbonyl (C=O) groups is 2. The van der Waals surface area contributed by atoms with Crippen LogP contribution in [0.1, 0.15) is 53.4 Å². The smallest absolute Gasteiger partial charge is 0.319 e. The second kappa shape index (κ2) is 7.04. The van der Waals surface area contributed by atoms with E-state index in [1.54, 1.807) is 20.8 Å². The summed E-state index contributed by atoms with van der Waals surface area (Å²) in [6.07, 6.45) is 4.73. The molecule has 1 fully saturated rings. The summed E-state index contributed by atoms with van der Waals surface area (Å²) in [6, 6.07) is 0.421. The molecule has 4 heteroatoms. The average molecular weight is 269 g/mol. The fourth-order valence-corrected chi connectivity index (χ4v) is 2.38. The van der Waals surface area contributed by atoms with Gasteiger partial charge in [-0.1, -0.05) is 12.8 Å². The molecule has 0 aromatic rings. The van der Waals surface area contributed by atoms with E-state index in [9.17, 15) is 9.59 Å². The third-order valence-electron chi connectivity index (χ3n) is 4.02. The minimum Gasteiger partial charge on any atom is -0.465 e. The lowest BCUT2D eigenvalue weighted by atomic mass is 9.87. The largest absolute Gasteiger partial charge is 0.465 e. The van der Waals surface area contributed by atoms with Crippen molar-refractivity contribution in [1.29, 1.82) is 0 Å². The highest BCUT2D eigenvalue weighted by Crippen LogP contribution is 2.22. The number of rotatable bonds is 5. The van der Waals surface area contributed by atoms with E-state index < -0.39 is 11.4 Å². The Kier molecular flexibility index (Phi) is 5.98. The van der Waals surface area contributed by atoms with Crippen LogP contribution in [0, 0.1) is 5.41 Å². The van der Waals surface area contributed by atoms with Crippen molar-refractivity contribution in [1.82, 2.24) is 4.90 Å². The van der Waals surface area contributed by atoms with Gasteiger partial charge in [0.1, 0.15) is 5.41 Å². The summed E-state index contributed by atoms with van der Waals surface area (Å²) in [6.45, 7) is 8.87. The van der Waals surface area contributed by atoms with Crippen LogP contribution in [0.5, 0.6) is 0 Å². The SMILES string of the molecule is CCOC(=O)C(C)(C)C(=O)CN1CCCCCC1C. The molecule has 0 saturated carbocycles. The lowest BCUT2D eigenvalue weighted by Crippen LogP contribution is -2.45. The summed E-state index contributed by atoms with van der Waals surface area (Å²) in [5.41, 5.74) is -1.04. The first kappa shape index (κ1) is 16.2. The number of ether oxygens (including phenoxy) is 1. The topological polar surface area (TPSA) is 46.6 Å². The zero-order valence-electron chi connectivity index (χ0n) is 12.7. The Morgan fingerprint density at radius 2 is 1.95 bits per heavy atom. The van der Waals surface area contributed by atoms with E-state index in [0.717, 1.165) is 19.4 Å². The van der Waals surface area contributed by atoms with Crippen molar-refractivity contribution in [2.75, 3.05) is 19.7 Å². The molecule has 0 aromatic carbocycles. The fraction of sp³-hybridized carbons (Fsp3) is 0.867. The standard InChI is InChI=1S/C15H27NO3/c1-5-19-14(18)15(3,4)13(17)11-16-10-8-6-7-9-12(16)2/h12H,5-11H2,1-4H3. The van der Waals surface area contributed by atoms with Crippen molar-refractivity contribution in [3.05, 3.63) is 0 Å². The lowest BCUT2D eigenvalue weighted by molar-refractivity contribution is -0.158. The summed E-state index contributed by atoms with van der Waals surface area (Å²) in [5, 5.41) is 0. The van der Waals surface area contributed by atoms with E-state index in [4.69, 9.17) is 4.74 Å². The summed E-state index contributed by atoms with van der Waals surface area (Å²) in [7, 11) is 0. The van der Waals surface area contributed by atoms with E-state index in [1.807, 2.05) is 0 Å². The van der Waals surface area contributed by atoms with Gasteiger partial charge in [0.15, 0.2) is 5.78 Å². The molecular weight excluding hydrogens is 242 g/mol. The number of hydrogen-bond acceptors (Lipinski definition) is 4. The number of likely N-dealkylation sites (tertiary alicyclic amines) is 1. The van der Waals surface area contributed by atoms with Gasteiger partial charge < -0.3 is 4.74 Å². The molecule has 0 bridgehead atoms. The molecule has 0 N–H and O–H groups in total. The van der Waals surface area contributed by atoms with E-state index in [2.05, 4.69) is 11.8 Å². The quantitative estimate of drug-likeness (QED) is 0.568. The number of esters is 1. The van der Waals surface area contributed by atoms with Crippen LogP contribution >= 0.6 is 0 Å². The van der Waals surface area contributed by atoms with Gasteiger partial charge in [0.05, 0.1) is 13.2 Å². The molecule has 1 unspecified atom stereocenters. The Bertz CT molecular complexity index is 325. The molecule has 19 heavy (non-hydrogen) atoms. The number of hydrogen-bond donors (Lipinski definition) is 0. The molecule has 110 valence electrons. The maximum absolute atomic E-state index is 12.4. The van der Waals surface area contributed by atoms with E-state index in [1.165, 1.54) is 12.8 Å². The predicted octanol–water partition coefficient (Wildman–Crippen LogP) is 2.41. The molecule has 0 spiro atoms. The molecule has 1 aliphatic heterocycles. The monoisotopic (exact) mass is 269 g/mol. The van der Waals surface area contributed by atoms with Crippen LogP contribution in [-0.4, -0.2) is 42.4 Å². The average Bonchev–Trinajstić information content (AvgIpc) is 2.55. The van der Waals surface area contributed by atoms with Gasteiger partial charge >= 0.3 is 5.97 Å². The summed E-state index contributed by atoms with van der Waals surface area (Å²) in [5.74, 6) is -0.456. The van der Waals surface area contributed by atoms with Crippen LogP contribution in [0.15, 0.2) is 0 Å². The molecule has 4 nitrogen and oxygen atoms in total. The van der Waals surface area contributed by atoms with Gasteiger partial charge in [-0.05, 0) is 47.1 Å². The van der Waals surface area contributed by atoms with Gasteiger partial charge in [0, 0.05) is 6.04 Å². The Hall–Kier alpha value is -0.900. The number of ketones is 1. The molecule has 1 rings (SSSR count). The van der Waals surface area contributed by atoms with Gasteiger partial charge in [0.25, 0.3) is 0 Å². The molecule has 0 amide bonds. The van der Waals surface area contributed by atoms with Gasteiger partial charge in [-0.3, -0.25) is 14.5 Å². The number of nitrogens with zero attached hydrogens (tertiary/aromatic N) is 1. The Labute approximate surface area is 116 Å². The highest BCUT2D eigenvalue weighted by atomic mass is 16.5. The molecule has 1 heterocycles. The molecular formula is C15H27NO3. The van der Waals surface area contributed by atoms with E-state index >= 15 is 0 Å². The van der Waals surface area contributed by atoms with Crippen molar-refractivity contribution < 1.29 is 14.3 Å². The Balaban J connectivity index is 2.64. The fourth-order valence-electron chi connectivity index (χ4n) is 2.38. The molecule has 1 aliphatic rings. The minimum atomic E-state index is -1.04. The van der Waals surface area contributed by atoms with Crippen molar-refractivity contribution in [3.8, 4) is 0 Å². The number of carbonyl (C=O) groups excluding carboxylic acids is 2. The second-order valence-electron chi connectivity index (χ2n) is 5.94. The summed E-state index contributed by atoms with van der Waals surface area (Å²) in [4.78, 5) is 26.4. The zero-order chi connectivity index (χ0) is 14.5. The van der Waals surface area contributed by atoms with Crippen molar-refractivity contribution in [3.63, 3.8) is 0 Å². The van der Waals surface area contributed by atoms with Crippen LogP contribution in [0.3, 0.4) is 0 Å². The van der Waals surface area contributed by atoms with Crippen LogP contribution in [0.2, 0.25) is 0 Å². The van der Waals surface area contributed by atoms with Crippen LogP contribution in [0.25, 0.3) is 0 Å². The van der Waals surface area contributed by atoms with Crippen LogP contribution in [-0.2, 0) is 14.3 Å². The summed E-state index contributed by atoms with van der Waals surface area (Å²) >= 11 is 0. The highest BCUT2D eigenvalue weighted by Gasteiger charge is 2.38. The van der Waals surface area contributed by atoms with Gasteiger partial charge in [0.2, 0.25) is 0 Å². The van der Waals surface area contributed by atoms with E-state index in [-0.39, 0.29) is 5.78 Å².